The molecular formula is C21H18N4O2S2. The molecule has 3 heterocycles. The summed E-state index contributed by atoms with van der Waals surface area (Å²) in [7, 11) is 1.65. The fraction of sp³-hybridized carbons (Fsp3) is 0.190. The van der Waals surface area contributed by atoms with Crippen LogP contribution in [0.2, 0.25) is 0 Å². The van der Waals surface area contributed by atoms with Gasteiger partial charge in [-0.25, -0.2) is 4.98 Å². The number of carbonyl (C=O) groups is 1. The topological polar surface area (TPSA) is 69.0 Å². The number of thioether (sulfide) groups is 1. The van der Waals surface area contributed by atoms with Crippen LogP contribution >= 0.6 is 23.1 Å². The second-order valence-corrected chi connectivity index (χ2v) is 8.66. The molecule has 1 aliphatic heterocycles. The molecule has 6 nitrogen and oxygen atoms in total. The Kier molecular flexibility index (Phi) is 4.52. The van der Waals surface area contributed by atoms with Crippen LogP contribution in [-0.4, -0.2) is 34.0 Å². The molecule has 0 spiro atoms. The number of rotatable bonds is 4. The summed E-state index contributed by atoms with van der Waals surface area (Å²) in [6.45, 7) is 0. The van der Waals surface area contributed by atoms with Crippen molar-refractivity contribution in [1.82, 2.24) is 14.8 Å². The maximum atomic E-state index is 12.5. The number of carbonyl (C=O) groups excluding carboxylic acids is 1. The van der Waals surface area contributed by atoms with Gasteiger partial charge in [-0.05, 0) is 42.2 Å². The summed E-state index contributed by atoms with van der Waals surface area (Å²) in [4.78, 5) is 18.4. The van der Waals surface area contributed by atoms with Crippen molar-refractivity contribution in [2.75, 3.05) is 18.7 Å². The van der Waals surface area contributed by atoms with Gasteiger partial charge in [0.2, 0.25) is 11.0 Å². The molecule has 5 rings (SSSR count). The molecule has 0 saturated heterocycles. The van der Waals surface area contributed by atoms with Crippen molar-refractivity contribution < 1.29 is 9.53 Å². The molecule has 8 heteroatoms. The summed E-state index contributed by atoms with van der Waals surface area (Å²) in [5, 5.41) is 8.28. The third-order valence-electron chi connectivity index (χ3n) is 5.10. The van der Waals surface area contributed by atoms with Crippen LogP contribution < -0.4 is 10.1 Å². The Hall–Kier alpha value is -2.84. The third-order valence-corrected chi connectivity index (χ3v) is 6.84. The molecule has 1 N–H and O–H groups in total. The first-order valence-electron chi connectivity index (χ1n) is 9.13. The van der Waals surface area contributed by atoms with E-state index >= 15 is 0 Å². The molecule has 0 saturated carbocycles. The molecule has 1 amide bonds. The molecule has 1 aliphatic rings. The second-order valence-electron chi connectivity index (χ2n) is 6.77. The highest BCUT2D eigenvalue weighted by atomic mass is 32.2. The second kappa shape index (κ2) is 7.20. The van der Waals surface area contributed by atoms with E-state index in [1.165, 1.54) is 16.2 Å². The van der Waals surface area contributed by atoms with Gasteiger partial charge in [0.05, 0.1) is 23.5 Å². The first-order chi connectivity index (χ1) is 14.2. The van der Waals surface area contributed by atoms with E-state index in [2.05, 4.69) is 40.9 Å². The predicted octanol–water partition coefficient (Wildman–Crippen LogP) is 4.69. The minimum Gasteiger partial charge on any atom is -0.497 e. The van der Waals surface area contributed by atoms with E-state index in [9.17, 15) is 4.79 Å². The Bertz CT molecular complexity index is 1210. The number of hydrogen-bond acceptors (Lipinski definition) is 6. The summed E-state index contributed by atoms with van der Waals surface area (Å²) in [6.07, 6.45) is 4.31. The molecule has 1 atom stereocenters. The number of anilines is 1. The minimum atomic E-state index is -0.0159. The molecule has 1 unspecified atom stereocenters. The number of fused-ring (bicyclic) bond motifs is 2. The van der Waals surface area contributed by atoms with Gasteiger partial charge in [0.1, 0.15) is 11.6 Å². The van der Waals surface area contributed by atoms with E-state index in [-0.39, 0.29) is 11.8 Å². The Morgan fingerprint density at radius 1 is 1.24 bits per heavy atom. The lowest BCUT2D eigenvalue weighted by Crippen LogP contribution is -2.24. The Morgan fingerprint density at radius 3 is 2.83 bits per heavy atom. The van der Waals surface area contributed by atoms with Crippen LogP contribution in [0.3, 0.4) is 0 Å². The monoisotopic (exact) mass is 422 g/mol. The maximum absolute atomic E-state index is 12.5. The highest BCUT2D eigenvalue weighted by molar-refractivity contribution is 7.98. The molecule has 0 fully saturated rings. The van der Waals surface area contributed by atoms with Crippen LogP contribution in [0.25, 0.3) is 15.3 Å². The number of aromatic nitrogens is 3. The molecule has 0 radical (unpaired) electrons. The number of methoxy groups -OCH3 is 1. The quantitative estimate of drug-likeness (QED) is 0.483. The van der Waals surface area contributed by atoms with Crippen LogP contribution in [0.4, 0.5) is 5.82 Å². The Labute approximate surface area is 175 Å². The van der Waals surface area contributed by atoms with Crippen molar-refractivity contribution >= 4 is 45.0 Å². The van der Waals surface area contributed by atoms with Gasteiger partial charge in [-0.1, -0.05) is 23.5 Å². The molecule has 29 heavy (non-hydrogen) atoms. The predicted molar refractivity (Wildman–Crippen MR) is 117 cm³/mol. The lowest BCUT2D eigenvalue weighted by molar-refractivity contribution is -0.116. The van der Waals surface area contributed by atoms with E-state index < -0.39 is 0 Å². The standard InChI is InChI=1S/C21H18N4O2S2/c1-27-13-5-8-17-18(9-13)29-21(23-17)25-20-16(11-22-25)15(10-19(26)24-20)12-3-6-14(28-2)7-4-12/h3-9,11,15H,10H2,1-2H3,(H,24,26). The van der Waals surface area contributed by atoms with Crippen LogP contribution in [0.15, 0.2) is 53.6 Å². The molecule has 0 bridgehead atoms. The van der Waals surface area contributed by atoms with Gasteiger partial charge in [0, 0.05) is 22.8 Å². The van der Waals surface area contributed by atoms with Gasteiger partial charge >= 0.3 is 0 Å². The third kappa shape index (κ3) is 3.18. The van der Waals surface area contributed by atoms with Gasteiger partial charge in [-0.3, -0.25) is 4.79 Å². The van der Waals surface area contributed by atoms with E-state index in [1.807, 2.05) is 24.4 Å². The normalized spacial score (nSPS) is 15.9. The zero-order valence-corrected chi connectivity index (χ0v) is 17.5. The number of benzene rings is 2. The Balaban J connectivity index is 1.57. The largest absolute Gasteiger partial charge is 0.497 e. The summed E-state index contributed by atoms with van der Waals surface area (Å²) in [6, 6.07) is 14.2. The van der Waals surface area contributed by atoms with E-state index in [0.29, 0.717) is 17.4 Å². The number of hydrogen-bond donors (Lipinski definition) is 1. The number of ether oxygens (including phenoxy) is 1. The van der Waals surface area contributed by atoms with Crippen LogP contribution in [0.1, 0.15) is 23.5 Å². The molecular weight excluding hydrogens is 404 g/mol. The van der Waals surface area contributed by atoms with Crippen molar-refractivity contribution in [2.45, 2.75) is 17.2 Å². The van der Waals surface area contributed by atoms with Crippen molar-refractivity contribution in [3.05, 3.63) is 59.8 Å². The van der Waals surface area contributed by atoms with Gasteiger partial charge in [-0.2, -0.15) is 9.78 Å². The number of amides is 1. The van der Waals surface area contributed by atoms with Gasteiger partial charge in [-0.15, -0.1) is 11.8 Å². The van der Waals surface area contributed by atoms with Crippen molar-refractivity contribution in [2.24, 2.45) is 0 Å². The lowest BCUT2D eigenvalue weighted by atomic mass is 9.87. The van der Waals surface area contributed by atoms with Gasteiger partial charge < -0.3 is 10.1 Å². The zero-order valence-electron chi connectivity index (χ0n) is 15.9. The summed E-state index contributed by atoms with van der Waals surface area (Å²) >= 11 is 3.22. The van der Waals surface area contributed by atoms with Crippen LogP contribution in [0, 0.1) is 0 Å². The molecule has 2 aromatic heterocycles. The van der Waals surface area contributed by atoms with Crippen LogP contribution in [-0.2, 0) is 4.79 Å². The van der Waals surface area contributed by atoms with Crippen LogP contribution in [0.5, 0.6) is 5.75 Å². The Morgan fingerprint density at radius 2 is 2.07 bits per heavy atom. The van der Waals surface area contributed by atoms with Gasteiger partial charge in [0.25, 0.3) is 0 Å². The summed E-state index contributed by atoms with van der Waals surface area (Å²) in [5.74, 6) is 1.46. The fourth-order valence-electron chi connectivity index (χ4n) is 3.61. The first kappa shape index (κ1) is 18.2. The SMILES string of the molecule is COc1ccc2nc(-n3ncc4c3NC(=O)CC4c3ccc(SC)cc3)sc2c1. The lowest BCUT2D eigenvalue weighted by Gasteiger charge is -2.23. The average Bonchev–Trinajstić information content (AvgIpc) is 3.36. The van der Waals surface area contributed by atoms with Gasteiger partial charge in [0.15, 0.2) is 0 Å². The number of nitrogens with one attached hydrogen (secondary N) is 1. The molecule has 2 aromatic carbocycles. The first-order valence-corrected chi connectivity index (χ1v) is 11.2. The zero-order chi connectivity index (χ0) is 20.0. The minimum absolute atomic E-state index is 0.0130. The van der Waals surface area contributed by atoms with E-state index in [0.717, 1.165) is 27.1 Å². The molecule has 4 aromatic rings. The fourth-order valence-corrected chi connectivity index (χ4v) is 4.98. The maximum Gasteiger partial charge on any atom is 0.226 e. The van der Waals surface area contributed by atoms with E-state index in [1.54, 1.807) is 23.6 Å². The molecule has 146 valence electrons. The van der Waals surface area contributed by atoms with Crippen molar-refractivity contribution in [3.63, 3.8) is 0 Å². The molecule has 0 aliphatic carbocycles. The number of thiazole rings is 1. The van der Waals surface area contributed by atoms with E-state index in [4.69, 9.17) is 9.72 Å². The average molecular weight is 423 g/mol. The summed E-state index contributed by atoms with van der Waals surface area (Å²) in [5.41, 5.74) is 3.01. The smallest absolute Gasteiger partial charge is 0.226 e. The van der Waals surface area contributed by atoms with Crippen molar-refractivity contribution in [3.8, 4) is 10.9 Å². The number of nitrogens with zero attached hydrogens (tertiary/aromatic N) is 3. The van der Waals surface area contributed by atoms with Crippen molar-refractivity contribution in [1.29, 1.82) is 0 Å². The highest BCUT2D eigenvalue weighted by Crippen LogP contribution is 2.39. The summed E-state index contributed by atoms with van der Waals surface area (Å²) < 4.78 is 8.04. The highest BCUT2D eigenvalue weighted by Gasteiger charge is 2.31.